The molecule has 0 aliphatic carbocycles. The highest BCUT2D eigenvalue weighted by Gasteiger charge is 2.26. The normalized spacial score (nSPS) is 15.3. The molecule has 0 saturated carbocycles. The number of nitrogens with zero attached hydrogens (tertiary/aromatic N) is 3. The van der Waals surface area contributed by atoms with E-state index in [0.717, 1.165) is 5.75 Å². The van der Waals surface area contributed by atoms with Gasteiger partial charge in [0.25, 0.3) is 0 Å². The second kappa shape index (κ2) is 10.4. The Hall–Kier alpha value is -1.71. The number of para-hydroxylation sites is 1. The molecule has 2 rings (SSSR count). The molecule has 1 fully saturated rings. The lowest BCUT2D eigenvalue weighted by atomic mass is 10.2. The van der Waals surface area contributed by atoms with Crippen molar-refractivity contribution in [1.29, 1.82) is 0 Å². The molecule has 7 nitrogen and oxygen atoms in total. The number of guanidine groups is 1. The molecular weight excluding hydrogens is 447 g/mol. The summed E-state index contributed by atoms with van der Waals surface area (Å²) in [5.74, 6) is 1.31. The lowest BCUT2D eigenvalue weighted by Crippen LogP contribution is -2.53. The van der Waals surface area contributed by atoms with Crippen LogP contribution in [0.15, 0.2) is 35.3 Å². The van der Waals surface area contributed by atoms with Crippen LogP contribution in [0, 0.1) is 0 Å². The molecule has 1 aliphatic rings. The van der Waals surface area contributed by atoms with E-state index in [4.69, 9.17) is 15.2 Å². The van der Waals surface area contributed by atoms with Gasteiger partial charge in [0.05, 0.1) is 6.54 Å². The van der Waals surface area contributed by atoms with Crippen molar-refractivity contribution in [2.45, 2.75) is 26.4 Å². The van der Waals surface area contributed by atoms with E-state index in [0.29, 0.717) is 45.3 Å². The molecule has 1 amide bonds. The Bertz CT molecular complexity index is 582. The van der Waals surface area contributed by atoms with Crippen molar-refractivity contribution in [3.63, 3.8) is 0 Å². The monoisotopic (exact) mass is 476 g/mol. The van der Waals surface area contributed by atoms with E-state index in [9.17, 15) is 4.79 Å². The van der Waals surface area contributed by atoms with Crippen molar-refractivity contribution in [3.8, 4) is 5.75 Å². The number of piperazine rings is 1. The average molecular weight is 476 g/mol. The van der Waals surface area contributed by atoms with Crippen LogP contribution in [0.5, 0.6) is 5.75 Å². The summed E-state index contributed by atoms with van der Waals surface area (Å²) in [5, 5.41) is 0. The quantitative estimate of drug-likeness (QED) is 0.313. The highest BCUT2D eigenvalue weighted by Crippen LogP contribution is 2.12. The zero-order valence-corrected chi connectivity index (χ0v) is 18.0. The number of ether oxygens (including phenoxy) is 2. The van der Waals surface area contributed by atoms with Gasteiger partial charge in [-0.2, -0.15) is 0 Å². The minimum absolute atomic E-state index is 0. The van der Waals surface area contributed by atoms with Crippen LogP contribution in [0.3, 0.4) is 0 Å². The summed E-state index contributed by atoms with van der Waals surface area (Å²) in [4.78, 5) is 20.1. The van der Waals surface area contributed by atoms with Crippen LogP contribution in [0.1, 0.15) is 20.8 Å². The molecule has 1 aromatic rings. The van der Waals surface area contributed by atoms with Crippen LogP contribution >= 0.6 is 24.0 Å². The maximum atomic E-state index is 12.0. The molecule has 2 N–H and O–H groups in total. The lowest BCUT2D eigenvalue weighted by Gasteiger charge is -2.36. The zero-order valence-electron chi connectivity index (χ0n) is 15.7. The Kier molecular flexibility index (Phi) is 8.97. The number of amides is 1. The first-order valence-electron chi connectivity index (χ1n) is 8.56. The van der Waals surface area contributed by atoms with Crippen LogP contribution in [0.4, 0.5) is 4.79 Å². The fourth-order valence-corrected chi connectivity index (χ4v) is 2.39. The van der Waals surface area contributed by atoms with Crippen LogP contribution < -0.4 is 10.5 Å². The molecule has 1 aliphatic heterocycles. The van der Waals surface area contributed by atoms with Gasteiger partial charge in [0, 0.05) is 26.2 Å². The van der Waals surface area contributed by atoms with Crippen LogP contribution in [-0.2, 0) is 4.74 Å². The standard InChI is InChI=1S/C18H28N4O3.HI/c1-18(2,3)25-17(23)22-12-10-21(11-13-22)16(19)20-9-14-24-15-7-5-4-6-8-15;/h4-8H,9-14H2,1-3H3,(H2,19,20);1H. The van der Waals surface area contributed by atoms with Crippen LogP contribution in [0.2, 0.25) is 0 Å². The van der Waals surface area contributed by atoms with Crippen molar-refractivity contribution >= 4 is 36.0 Å². The van der Waals surface area contributed by atoms with Gasteiger partial charge in [-0.15, -0.1) is 24.0 Å². The third-order valence-corrected chi connectivity index (χ3v) is 3.63. The topological polar surface area (TPSA) is 80.4 Å². The molecule has 1 aromatic carbocycles. The van der Waals surface area contributed by atoms with Crippen molar-refractivity contribution in [2.75, 3.05) is 39.3 Å². The number of hydrogen-bond acceptors (Lipinski definition) is 4. The van der Waals surface area contributed by atoms with E-state index < -0.39 is 5.60 Å². The molecule has 8 heteroatoms. The molecule has 0 atom stereocenters. The highest BCUT2D eigenvalue weighted by atomic mass is 127. The predicted octanol–water partition coefficient (Wildman–Crippen LogP) is 2.55. The van der Waals surface area contributed by atoms with Crippen molar-refractivity contribution in [2.24, 2.45) is 10.7 Å². The van der Waals surface area contributed by atoms with Gasteiger partial charge in [-0.05, 0) is 32.9 Å². The van der Waals surface area contributed by atoms with E-state index in [1.165, 1.54) is 0 Å². The Balaban J connectivity index is 0.00000338. The summed E-state index contributed by atoms with van der Waals surface area (Å²) < 4.78 is 11.0. The first-order chi connectivity index (χ1) is 11.8. The van der Waals surface area contributed by atoms with Gasteiger partial charge < -0.3 is 25.0 Å². The number of nitrogens with two attached hydrogens (primary N) is 1. The third-order valence-electron chi connectivity index (χ3n) is 3.63. The second-order valence-corrected chi connectivity index (χ2v) is 6.86. The molecule has 0 radical (unpaired) electrons. The second-order valence-electron chi connectivity index (χ2n) is 6.86. The van der Waals surface area contributed by atoms with Crippen molar-refractivity contribution < 1.29 is 14.3 Å². The van der Waals surface area contributed by atoms with Crippen molar-refractivity contribution in [3.05, 3.63) is 30.3 Å². The number of halogens is 1. The average Bonchev–Trinajstić information content (AvgIpc) is 2.58. The van der Waals surface area contributed by atoms with E-state index in [1.54, 1.807) is 4.90 Å². The summed E-state index contributed by atoms with van der Waals surface area (Å²) in [6, 6.07) is 9.61. The number of hydrogen-bond donors (Lipinski definition) is 1. The molecule has 0 aromatic heterocycles. The minimum Gasteiger partial charge on any atom is -0.492 e. The smallest absolute Gasteiger partial charge is 0.410 e. The summed E-state index contributed by atoms with van der Waals surface area (Å²) in [7, 11) is 0. The molecular formula is C18H29IN4O3. The Morgan fingerprint density at radius 1 is 1.12 bits per heavy atom. The lowest BCUT2D eigenvalue weighted by molar-refractivity contribution is 0.0186. The number of aliphatic imine (C=N–C) groups is 1. The van der Waals surface area contributed by atoms with E-state index in [1.807, 2.05) is 56.0 Å². The SMILES string of the molecule is CC(C)(C)OC(=O)N1CCN(C(N)=NCCOc2ccccc2)CC1.I. The first-order valence-corrected chi connectivity index (χ1v) is 8.56. The fourth-order valence-electron chi connectivity index (χ4n) is 2.39. The van der Waals surface area contributed by atoms with E-state index in [2.05, 4.69) is 4.99 Å². The first kappa shape index (κ1) is 22.3. The van der Waals surface area contributed by atoms with Gasteiger partial charge in [-0.3, -0.25) is 0 Å². The number of carbonyl (C=O) groups is 1. The van der Waals surface area contributed by atoms with Crippen LogP contribution in [-0.4, -0.2) is 66.8 Å². The highest BCUT2D eigenvalue weighted by molar-refractivity contribution is 14.0. The number of rotatable bonds is 4. The molecule has 146 valence electrons. The van der Waals surface area contributed by atoms with Gasteiger partial charge in [0.15, 0.2) is 5.96 Å². The Morgan fingerprint density at radius 3 is 2.27 bits per heavy atom. The fraction of sp³-hybridized carbons (Fsp3) is 0.556. The maximum absolute atomic E-state index is 12.0. The Labute approximate surface area is 172 Å². The van der Waals surface area contributed by atoms with Gasteiger partial charge in [0.2, 0.25) is 0 Å². The van der Waals surface area contributed by atoms with E-state index >= 15 is 0 Å². The summed E-state index contributed by atoms with van der Waals surface area (Å²) >= 11 is 0. The summed E-state index contributed by atoms with van der Waals surface area (Å²) in [5.41, 5.74) is 5.56. The molecule has 1 saturated heterocycles. The Morgan fingerprint density at radius 2 is 1.69 bits per heavy atom. The molecule has 1 heterocycles. The predicted molar refractivity (Wildman–Crippen MR) is 113 cm³/mol. The molecule has 0 spiro atoms. The zero-order chi connectivity index (χ0) is 18.3. The minimum atomic E-state index is -0.479. The number of benzene rings is 1. The maximum Gasteiger partial charge on any atom is 0.410 e. The van der Waals surface area contributed by atoms with Gasteiger partial charge >= 0.3 is 6.09 Å². The third kappa shape index (κ3) is 7.67. The molecule has 26 heavy (non-hydrogen) atoms. The largest absolute Gasteiger partial charge is 0.492 e. The molecule has 0 bridgehead atoms. The van der Waals surface area contributed by atoms with E-state index in [-0.39, 0.29) is 30.1 Å². The summed E-state index contributed by atoms with van der Waals surface area (Å²) in [6.07, 6.45) is -0.279. The van der Waals surface area contributed by atoms with Gasteiger partial charge in [-0.1, -0.05) is 18.2 Å². The van der Waals surface area contributed by atoms with Gasteiger partial charge in [-0.25, -0.2) is 9.79 Å². The summed E-state index contributed by atoms with van der Waals surface area (Å²) in [6.45, 7) is 9.01. The van der Waals surface area contributed by atoms with Crippen molar-refractivity contribution in [1.82, 2.24) is 9.80 Å². The van der Waals surface area contributed by atoms with Gasteiger partial charge in [0.1, 0.15) is 18.0 Å². The molecule has 0 unspecified atom stereocenters. The number of carbonyl (C=O) groups excluding carboxylic acids is 1. The van der Waals surface area contributed by atoms with Crippen LogP contribution in [0.25, 0.3) is 0 Å².